The highest BCUT2D eigenvalue weighted by atomic mass is 16.5. The van der Waals surface area contributed by atoms with Gasteiger partial charge in [-0.05, 0) is 38.1 Å². The van der Waals surface area contributed by atoms with Gasteiger partial charge in [-0.3, -0.25) is 0 Å². The molecule has 3 rings (SSSR count). The summed E-state index contributed by atoms with van der Waals surface area (Å²) in [6, 6.07) is 7.98. The van der Waals surface area contributed by atoms with Crippen LogP contribution in [0.5, 0.6) is 17.4 Å². The topological polar surface area (TPSA) is 126 Å². The van der Waals surface area contributed by atoms with Crippen LogP contribution in [0.4, 0.5) is 0 Å². The van der Waals surface area contributed by atoms with E-state index in [1.54, 1.807) is 32.0 Å². The molecule has 0 amide bonds. The Morgan fingerprint density at radius 1 is 0.967 bits per heavy atom. The normalized spacial score (nSPS) is 10.4. The first kappa shape index (κ1) is 20.8. The van der Waals surface area contributed by atoms with Crippen LogP contribution in [-0.2, 0) is 9.47 Å². The van der Waals surface area contributed by atoms with Gasteiger partial charge < -0.3 is 18.9 Å². The zero-order chi connectivity index (χ0) is 21.5. The number of hydrogen-bond acceptors (Lipinski definition) is 9. The van der Waals surface area contributed by atoms with E-state index in [0.717, 1.165) is 0 Å². The summed E-state index contributed by atoms with van der Waals surface area (Å²) >= 11 is 0. The van der Waals surface area contributed by atoms with E-state index in [9.17, 15) is 9.59 Å². The number of rotatable bonds is 8. The molecule has 0 fully saturated rings. The second kappa shape index (κ2) is 9.50. The van der Waals surface area contributed by atoms with Crippen LogP contribution in [0.3, 0.4) is 0 Å². The van der Waals surface area contributed by atoms with E-state index >= 15 is 0 Å². The molecule has 0 aliphatic carbocycles. The molecule has 0 saturated carbocycles. The highest BCUT2D eigenvalue weighted by Crippen LogP contribution is 2.35. The molecule has 0 aliphatic heterocycles. The lowest BCUT2D eigenvalue weighted by molar-refractivity contribution is 0.0513. The fourth-order valence-corrected chi connectivity index (χ4v) is 2.59. The number of pyridine rings is 1. The number of esters is 2. The van der Waals surface area contributed by atoms with E-state index in [2.05, 4.69) is 20.4 Å². The fourth-order valence-electron chi connectivity index (χ4n) is 2.59. The summed E-state index contributed by atoms with van der Waals surface area (Å²) in [6.07, 6.45) is 1.45. The first-order chi connectivity index (χ1) is 14.6. The van der Waals surface area contributed by atoms with Gasteiger partial charge in [0.05, 0.1) is 25.9 Å². The van der Waals surface area contributed by atoms with Crippen LogP contribution in [0.15, 0.2) is 36.5 Å². The quantitative estimate of drug-likeness (QED) is 0.556. The van der Waals surface area contributed by atoms with Gasteiger partial charge in [-0.25, -0.2) is 14.6 Å². The van der Waals surface area contributed by atoms with Crippen LogP contribution in [0.25, 0.3) is 11.3 Å². The number of hydrogen-bond donors (Lipinski definition) is 1. The number of nitrogens with one attached hydrogen (secondary N) is 1. The Labute approximate surface area is 172 Å². The minimum Gasteiger partial charge on any atom is -0.493 e. The number of carbonyl (C=O) groups is 2. The average molecular weight is 412 g/mol. The molecule has 3 aromatic rings. The van der Waals surface area contributed by atoms with E-state index in [0.29, 0.717) is 28.3 Å². The Kier molecular flexibility index (Phi) is 6.58. The largest absolute Gasteiger partial charge is 0.493 e. The van der Waals surface area contributed by atoms with Crippen molar-refractivity contribution in [2.24, 2.45) is 0 Å². The summed E-state index contributed by atoms with van der Waals surface area (Å²) in [6.45, 7) is 3.92. The zero-order valence-electron chi connectivity index (χ0n) is 16.7. The highest BCUT2D eigenvalue weighted by molar-refractivity contribution is 5.94. The predicted octanol–water partition coefficient (Wildman–Crippen LogP) is 3.02. The molecule has 10 heteroatoms. The van der Waals surface area contributed by atoms with Crippen LogP contribution in [0.1, 0.15) is 34.7 Å². The average Bonchev–Trinajstić information content (AvgIpc) is 3.25. The van der Waals surface area contributed by atoms with E-state index in [4.69, 9.17) is 18.9 Å². The number of carbonyl (C=O) groups excluding carboxylic acids is 2. The van der Waals surface area contributed by atoms with Crippen molar-refractivity contribution < 1.29 is 28.5 Å². The second-order valence-corrected chi connectivity index (χ2v) is 5.81. The van der Waals surface area contributed by atoms with E-state index in [1.165, 1.54) is 25.4 Å². The number of nitrogens with zero attached hydrogens (tertiary/aromatic N) is 3. The van der Waals surface area contributed by atoms with Gasteiger partial charge in [0.1, 0.15) is 5.69 Å². The van der Waals surface area contributed by atoms with Crippen LogP contribution < -0.4 is 9.47 Å². The third-order valence-electron chi connectivity index (χ3n) is 3.91. The Balaban J connectivity index is 1.88. The van der Waals surface area contributed by atoms with Crippen molar-refractivity contribution in [1.29, 1.82) is 0 Å². The number of aromatic amines is 1. The van der Waals surface area contributed by atoms with Crippen LogP contribution >= 0.6 is 0 Å². The molecular formula is C20H20N4O6. The summed E-state index contributed by atoms with van der Waals surface area (Å²) in [4.78, 5) is 28.1. The van der Waals surface area contributed by atoms with Crippen molar-refractivity contribution in [1.82, 2.24) is 20.4 Å². The minimum atomic E-state index is -0.583. The van der Waals surface area contributed by atoms with Crippen LogP contribution in [-0.4, -0.2) is 52.7 Å². The van der Waals surface area contributed by atoms with Gasteiger partial charge >= 0.3 is 11.9 Å². The van der Waals surface area contributed by atoms with Gasteiger partial charge in [-0.1, -0.05) is 0 Å². The molecule has 1 N–H and O–H groups in total. The Hall–Kier alpha value is -3.95. The maximum absolute atomic E-state index is 12.0. The first-order valence-electron chi connectivity index (χ1n) is 9.14. The maximum Gasteiger partial charge on any atom is 0.361 e. The van der Waals surface area contributed by atoms with Gasteiger partial charge in [-0.15, -0.1) is 5.10 Å². The number of ether oxygens (including phenoxy) is 4. The Morgan fingerprint density at radius 2 is 1.73 bits per heavy atom. The second-order valence-electron chi connectivity index (χ2n) is 5.81. The number of aromatic nitrogens is 4. The van der Waals surface area contributed by atoms with Gasteiger partial charge in [0.25, 0.3) is 0 Å². The molecule has 1 aromatic carbocycles. The van der Waals surface area contributed by atoms with Gasteiger partial charge in [0.2, 0.25) is 5.88 Å². The van der Waals surface area contributed by atoms with Crippen molar-refractivity contribution in [3.05, 3.63) is 47.8 Å². The van der Waals surface area contributed by atoms with E-state index in [1.807, 2.05) is 0 Å². The van der Waals surface area contributed by atoms with Crippen LogP contribution in [0.2, 0.25) is 0 Å². The zero-order valence-corrected chi connectivity index (χ0v) is 16.7. The minimum absolute atomic E-state index is 0.0661. The number of H-pyrrole nitrogens is 1. The molecule has 0 unspecified atom stereocenters. The van der Waals surface area contributed by atoms with Crippen molar-refractivity contribution in [2.45, 2.75) is 13.8 Å². The summed E-state index contributed by atoms with van der Waals surface area (Å²) in [5.74, 6) is -0.130. The molecule has 0 bridgehead atoms. The standard InChI is InChI=1S/C20H20N4O6/c1-4-28-19(25)13-8-9-21-16(11-13)30-14-7-6-12(10-15(14)27-3)17-18(23-24-22-17)20(26)29-5-2/h6-11H,4-5H2,1-3H3,(H,22,23,24). The van der Waals surface area contributed by atoms with Crippen LogP contribution in [0, 0.1) is 0 Å². The lowest BCUT2D eigenvalue weighted by Crippen LogP contribution is -2.07. The lowest BCUT2D eigenvalue weighted by Gasteiger charge is -2.11. The first-order valence-corrected chi connectivity index (χ1v) is 9.14. The fraction of sp³-hybridized carbons (Fsp3) is 0.250. The van der Waals surface area contributed by atoms with Crippen molar-refractivity contribution in [2.75, 3.05) is 20.3 Å². The molecule has 0 spiro atoms. The third-order valence-corrected chi connectivity index (χ3v) is 3.91. The summed E-state index contributed by atoms with van der Waals surface area (Å²) in [5, 5.41) is 10.3. The van der Waals surface area contributed by atoms with E-state index < -0.39 is 11.9 Å². The molecule has 0 aliphatic rings. The third kappa shape index (κ3) is 4.54. The molecule has 156 valence electrons. The number of methoxy groups -OCH3 is 1. The van der Waals surface area contributed by atoms with E-state index in [-0.39, 0.29) is 24.8 Å². The lowest BCUT2D eigenvalue weighted by atomic mass is 10.1. The molecule has 30 heavy (non-hydrogen) atoms. The van der Waals surface area contributed by atoms with Gasteiger partial charge in [0.15, 0.2) is 17.2 Å². The Morgan fingerprint density at radius 3 is 2.47 bits per heavy atom. The van der Waals surface area contributed by atoms with Gasteiger partial charge in [0, 0.05) is 17.8 Å². The van der Waals surface area contributed by atoms with Gasteiger partial charge in [-0.2, -0.15) is 10.3 Å². The molecule has 0 atom stereocenters. The summed E-state index contributed by atoms with van der Waals surface area (Å²) < 4.78 is 21.2. The van der Waals surface area contributed by atoms with Crippen molar-refractivity contribution >= 4 is 11.9 Å². The molecule has 0 saturated heterocycles. The molecular weight excluding hydrogens is 392 g/mol. The highest BCUT2D eigenvalue weighted by Gasteiger charge is 2.20. The van der Waals surface area contributed by atoms with Crippen molar-refractivity contribution in [3.8, 4) is 28.6 Å². The molecule has 2 aromatic heterocycles. The molecule has 0 radical (unpaired) electrons. The van der Waals surface area contributed by atoms with Crippen molar-refractivity contribution in [3.63, 3.8) is 0 Å². The molecule has 2 heterocycles. The SMILES string of the molecule is CCOC(=O)c1ccnc(Oc2ccc(-c3n[nH]nc3C(=O)OCC)cc2OC)c1. The smallest absolute Gasteiger partial charge is 0.361 e. The summed E-state index contributed by atoms with van der Waals surface area (Å²) in [7, 11) is 1.48. The monoisotopic (exact) mass is 412 g/mol. The predicted molar refractivity (Wildman–Crippen MR) is 105 cm³/mol. The maximum atomic E-state index is 12.0. The molecule has 10 nitrogen and oxygen atoms in total. The Bertz CT molecular complexity index is 1050. The summed E-state index contributed by atoms with van der Waals surface area (Å²) in [5.41, 5.74) is 1.28. The number of benzene rings is 1.